The Morgan fingerprint density at radius 3 is 1.41 bits per heavy atom. The minimum atomic E-state index is -4.58. The van der Waals surface area contributed by atoms with Crippen LogP contribution >= 0.6 is 7.82 Å². The highest BCUT2D eigenvalue weighted by Gasteiger charge is 2.65. The summed E-state index contributed by atoms with van der Waals surface area (Å²) in [5, 5.41) is 0. The van der Waals surface area contributed by atoms with Gasteiger partial charge in [0.25, 0.3) is 0 Å². The van der Waals surface area contributed by atoms with Crippen LogP contribution in [0.3, 0.4) is 0 Å². The van der Waals surface area contributed by atoms with E-state index in [1.54, 1.807) is 69.2 Å². The lowest BCUT2D eigenvalue weighted by Crippen LogP contribution is -2.62. The highest BCUT2D eigenvalue weighted by atomic mass is 31.2. The Bertz CT molecular complexity index is 915. The molecule has 0 aromatic heterocycles. The van der Waals surface area contributed by atoms with E-state index in [0.29, 0.717) is 0 Å². The van der Waals surface area contributed by atoms with E-state index in [1.807, 2.05) is 0 Å². The van der Waals surface area contributed by atoms with Gasteiger partial charge in [-0.1, -0.05) is 0 Å². The maximum absolute atomic E-state index is 13.9. The molecule has 14 heteroatoms. The molecule has 2 saturated heterocycles. The Morgan fingerprint density at radius 2 is 1.05 bits per heavy atom. The second-order valence-electron chi connectivity index (χ2n) is 12.7. The van der Waals surface area contributed by atoms with Crippen molar-refractivity contribution in [1.82, 2.24) is 0 Å². The van der Waals surface area contributed by atoms with Crippen LogP contribution in [-0.4, -0.2) is 80.8 Å². The van der Waals surface area contributed by atoms with Gasteiger partial charge in [0.15, 0.2) is 11.6 Å². The normalized spacial score (nSPS) is 31.9. The molecule has 1 saturated carbocycles. The van der Waals surface area contributed by atoms with E-state index in [1.165, 1.54) is 7.11 Å². The number of hydrogen-bond donors (Lipinski definition) is 0. The number of hydrogen-bond acceptors (Lipinski definition) is 13. The van der Waals surface area contributed by atoms with Crippen LogP contribution < -0.4 is 0 Å². The van der Waals surface area contributed by atoms with Gasteiger partial charge in [0, 0.05) is 7.11 Å². The van der Waals surface area contributed by atoms with Gasteiger partial charge in [-0.2, -0.15) is 0 Å². The number of phosphoric ester groups is 1. The number of rotatable bonds is 9. The molecule has 3 fully saturated rings. The van der Waals surface area contributed by atoms with Gasteiger partial charge >= 0.3 is 19.8 Å². The Labute approximate surface area is 229 Å². The van der Waals surface area contributed by atoms with Gasteiger partial charge in [0.2, 0.25) is 13.6 Å². The minimum Gasteiger partial charge on any atom is -0.437 e. The zero-order valence-corrected chi connectivity index (χ0v) is 25.5. The fourth-order valence-corrected chi connectivity index (χ4v) is 5.48. The van der Waals surface area contributed by atoms with E-state index in [4.69, 9.17) is 46.7 Å². The molecule has 0 spiro atoms. The van der Waals surface area contributed by atoms with Crippen LogP contribution in [-0.2, 0) is 60.9 Å². The van der Waals surface area contributed by atoms with Gasteiger partial charge in [-0.3, -0.25) is 14.1 Å². The largest absolute Gasteiger partial charge is 0.481 e. The first-order valence-corrected chi connectivity index (χ1v) is 14.3. The first kappa shape index (κ1) is 32.4. The Morgan fingerprint density at radius 1 is 0.692 bits per heavy atom. The molecule has 0 N–H and O–H groups in total. The summed E-state index contributed by atoms with van der Waals surface area (Å²) in [6.45, 7) is 15.4. The van der Waals surface area contributed by atoms with E-state index in [9.17, 15) is 14.2 Å². The van der Waals surface area contributed by atoms with Crippen molar-refractivity contribution in [3.8, 4) is 0 Å². The van der Waals surface area contributed by atoms with Gasteiger partial charge < -0.3 is 33.2 Å². The zero-order chi connectivity index (χ0) is 29.6. The van der Waals surface area contributed by atoms with Crippen molar-refractivity contribution in [3.05, 3.63) is 0 Å². The van der Waals surface area contributed by atoms with Crippen molar-refractivity contribution in [2.24, 2.45) is 10.8 Å². The molecule has 0 radical (unpaired) electrons. The van der Waals surface area contributed by atoms with E-state index in [0.717, 1.165) is 0 Å². The van der Waals surface area contributed by atoms with Crippen molar-refractivity contribution < 1.29 is 60.9 Å². The third kappa shape index (κ3) is 7.78. The lowest BCUT2D eigenvalue weighted by atomic mass is 9.85. The Balaban J connectivity index is 1.86. The predicted octanol–water partition coefficient (Wildman–Crippen LogP) is 3.68. The van der Waals surface area contributed by atoms with Crippen LogP contribution in [0.15, 0.2) is 0 Å². The molecule has 0 aromatic rings. The van der Waals surface area contributed by atoms with Crippen molar-refractivity contribution >= 4 is 19.8 Å². The summed E-state index contributed by atoms with van der Waals surface area (Å²) < 4.78 is 71.0. The third-order valence-corrected chi connectivity index (χ3v) is 7.52. The van der Waals surface area contributed by atoms with Crippen LogP contribution in [0.4, 0.5) is 0 Å². The van der Waals surface area contributed by atoms with E-state index in [2.05, 4.69) is 0 Å². The number of ether oxygens (including phenoxy) is 7. The molecule has 0 aromatic carbocycles. The molecular formula is C25H43O13P. The topological polar surface area (TPSA) is 144 Å². The van der Waals surface area contributed by atoms with Crippen LogP contribution in [0.2, 0.25) is 0 Å². The van der Waals surface area contributed by atoms with Gasteiger partial charge in [0.05, 0.1) is 10.8 Å². The van der Waals surface area contributed by atoms with Crippen molar-refractivity contribution in [3.63, 3.8) is 0 Å². The highest BCUT2D eigenvalue weighted by Crippen LogP contribution is 2.55. The highest BCUT2D eigenvalue weighted by molar-refractivity contribution is 7.48. The number of methoxy groups -OCH3 is 1. The monoisotopic (exact) mass is 582 g/mol. The van der Waals surface area contributed by atoms with Crippen LogP contribution in [0.1, 0.15) is 69.2 Å². The summed E-state index contributed by atoms with van der Waals surface area (Å²) in [7, 11) is -3.14. The molecule has 0 bridgehead atoms. The van der Waals surface area contributed by atoms with Gasteiger partial charge in [0.1, 0.15) is 36.6 Å². The van der Waals surface area contributed by atoms with Gasteiger partial charge in [-0.15, -0.1) is 0 Å². The number of fused-ring (bicyclic) bond motifs is 3. The molecular weight excluding hydrogens is 539 g/mol. The molecule has 0 amide bonds. The molecule has 39 heavy (non-hydrogen) atoms. The van der Waals surface area contributed by atoms with Gasteiger partial charge in [-0.25, -0.2) is 13.6 Å². The Hall–Kier alpha value is -1.15. The zero-order valence-electron chi connectivity index (χ0n) is 24.6. The second kappa shape index (κ2) is 11.3. The second-order valence-corrected chi connectivity index (χ2v) is 14.3. The third-order valence-electron chi connectivity index (χ3n) is 6.17. The molecule has 2 heterocycles. The molecule has 3 aliphatic rings. The maximum atomic E-state index is 13.9. The first-order valence-electron chi connectivity index (χ1n) is 12.8. The predicted molar refractivity (Wildman–Crippen MR) is 134 cm³/mol. The summed E-state index contributed by atoms with van der Waals surface area (Å²) in [4.78, 5) is 24.5. The summed E-state index contributed by atoms with van der Waals surface area (Å²) in [5.74, 6) is -3.19. The molecule has 6 atom stereocenters. The molecule has 3 rings (SSSR count). The first-order chi connectivity index (χ1) is 17.7. The molecule has 226 valence electrons. The molecule has 1 aliphatic carbocycles. The fraction of sp³-hybridized carbons (Fsp3) is 0.920. The van der Waals surface area contributed by atoms with E-state index < -0.39 is 92.4 Å². The van der Waals surface area contributed by atoms with Crippen LogP contribution in [0.5, 0.6) is 0 Å². The summed E-state index contributed by atoms with van der Waals surface area (Å²) in [6.07, 6.45) is -4.72. The van der Waals surface area contributed by atoms with Gasteiger partial charge in [-0.05, 0) is 69.2 Å². The van der Waals surface area contributed by atoms with E-state index in [-0.39, 0.29) is 0 Å². The standard InChI is InChI=1S/C25H43O13P/c1-22(2,3)20(26)30-12-32-39(28,33-13-31-21(27)23(4,5)6)38-19-14(29-11)15-16(35-24(7,8)34-15)17-18(19)37-25(9,10)36-17/h14-19H,12-13H2,1-11H3. The molecule has 6 unspecified atom stereocenters. The lowest BCUT2D eigenvalue weighted by molar-refractivity contribution is -0.190. The smallest absolute Gasteiger partial charge is 0.437 e. The summed E-state index contributed by atoms with van der Waals surface area (Å²) in [6, 6.07) is 0. The van der Waals surface area contributed by atoms with Crippen LogP contribution in [0.25, 0.3) is 0 Å². The number of carbonyl (C=O) groups excluding carboxylic acids is 2. The number of carbonyl (C=O) groups is 2. The quantitative estimate of drug-likeness (QED) is 0.222. The lowest BCUT2D eigenvalue weighted by Gasteiger charge is -2.42. The van der Waals surface area contributed by atoms with Crippen LogP contribution in [0, 0.1) is 10.8 Å². The van der Waals surface area contributed by atoms with Crippen molar-refractivity contribution in [2.75, 3.05) is 20.7 Å². The molecule has 13 nitrogen and oxygen atoms in total. The summed E-state index contributed by atoms with van der Waals surface area (Å²) in [5.41, 5.74) is -1.67. The molecule has 2 aliphatic heterocycles. The SMILES string of the molecule is COC1C2OC(C)(C)OC2C2OC(C)(C)OC2C1OP(=O)(OCOC(=O)C(C)(C)C)OCOC(=O)C(C)(C)C. The maximum Gasteiger partial charge on any atom is 0.481 e. The van der Waals surface area contributed by atoms with Crippen molar-refractivity contribution in [1.29, 1.82) is 0 Å². The minimum absolute atomic E-state index is 0.571. The average Bonchev–Trinajstić information content (AvgIpc) is 3.27. The Kier molecular flexibility index (Phi) is 9.35. The number of phosphoric acid groups is 1. The summed E-state index contributed by atoms with van der Waals surface area (Å²) >= 11 is 0. The fourth-order valence-electron chi connectivity index (χ4n) is 4.38. The van der Waals surface area contributed by atoms with E-state index >= 15 is 0 Å². The average molecular weight is 583 g/mol. The number of esters is 2. The van der Waals surface area contributed by atoms with Crippen molar-refractivity contribution in [2.45, 2.75) is 117 Å².